The molecule has 0 aromatic heterocycles. The highest BCUT2D eigenvalue weighted by Crippen LogP contribution is 2.20. The van der Waals surface area contributed by atoms with Crippen LogP contribution in [0.1, 0.15) is 18.4 Å². The SMILES string of the molecule is Cl.N[C@@H]1CCCN(S(=O)(=O)Cc2ccc(F)c(Cl)c2)C1. The van der Waals surface area contributed by atoms with Gasteiger partial charge in [-0.3, -0.25) is 0 Å². The van der Waals surface area contributed by atoms with E-state index in [9.17, 15) is 12.8 Å². The lowest BCUT2D eigenvalue weighted by Gasteiger charge is -2.29. The average Bonchev–Trinajstić information content (AvgIpc) is 2.33. The highest BCUT2D eigenvalue weighted by Gasteiger charge is 2.27. The maximum atomic E-state index is 13.0. The first-order valence-electron chi connectivity index (χ1n) is 6.06. The number of halogens is 3. The Bertz CT molecular complexity index is 569. The van der Waals surface area contributed by atoms with Crippen LogP contribution in [0.4, 0.5) is 4.39 Å². The molecule has 8 heteroatoms. The first-order chi connectivity index (χ1) is 8.88. The van der Waals surface area contributed by atoms with Gasteiger partial charge in [0.05, 0.1) is 10.8 Å². The molecule has 0 radical (unpaired) electrons. The summed E-state index contributed by atoms with van der Waals surface area (Å²) in [5.74, 6) is -0.734. The fourth-order valence-corrected chi connectivity index (χ4v) is 3.97. The smallest absolute Gasteiger partial charge is 0.218 e. The highest BCUT2D eigenvalue weighted by atomic mass is 35.5. The van der Waals surface area contributed by atoms with Gasteiger partial charge in [0.1, 0.15) is 5.82 Å². The Balaban J connectivity index is 0.00000200. The Morgan fingerprint density at radius 3 is 2.75 bits per heavy atom. The number of nitrogens with zero attached hydrogens (tertiary/aromatic N) is 1. The van der Waals surface area contributed by atoms with Gasteiger partial charge in [-0.15, -0.1) is 12.4 Å². The van der Waals surface area contributed by atoms with E-state index < -0.39 is 15.8 Å². The Labute approximate surface area is 129 Å². The van der Waals surface area contributed by atoms with Gasteiger partial charge in [-0.25, -0.2) is 17.1 Å². The summed E-state index contributed by atoms with van der Waals surface area (Å²) in [5.41, 5.74) is 6.26. The van der Waals surface area contributed by atoms with Crippen LogP contribution in [-0.4, -0.2) is 31.9 Å². The molecule has 1 aliphatic heterocycles. The van der Waals surface area contributed by atoms with Gasteiger partial charge in [0.15, 0.2) is 0 Å². The van der Waals surface area contributed by atoms with Crippen LogP contribution in [0.2, 0.25) is 5.02 Å². The van der Waals surface area contributed by atoms with Gasteiger partial charge in [-0.05, 0) is 30.5 Å². The minimum Gasteiger partial charge on any atom is -0.327 e. The molecule has 0 bridgehead atoms. The second-order valence-corrected chi connectivity index (χ2v) is 7.14. The van der Waals surface area contributed by atoms with Crippen molar-refractivity contribution in [1.82, 2.24) is 4.31 Å². The van der Waals surface area contributed by atoms with Crippen molar-refractivity contribution in [2.24, 2.45) is 5.73 Å². The number of nitrogens with two attached hydrogens (primary N) is 1. The molecule has 114 valence electrons. The van der Waals surface area contributed by atoms with E-state index in [0.717, 1.165) is 12.8 Å². The third-order valence-electron chi connectivity index (χ3n) is 3.15. The summed E-state index contributed by atoms with van der Waals surface area (Å²) in [6.07, 6.45) is 1.61. The van der Waals surface area contributed by atoms with Gasteiger partial charge in [0.2, 0.25) is 10.0 Å². The molecule has 0 amide bonds. The second kappa shape index (κ2) is 7.04. The van der Waals surface area contributed by atoms with E-state index in [2.05, 4.69) is 0 Å². The van der Waals surface area contributed by atoms with Crippen molar-refractivity contribution < 1.29 is 12.8 Å². The molecule has 2 rings (SSSR count). The molecule has 1 fully saturated rings. The first-order valence-corrected chi connectivity index (χ1v) is 8.04. The molecule has 4 nitrogen and oxygen atoms in total. The Hall–Kier alpha value is -0.400. The van der Waals surface area contributed by atoms with Crippen molar-refractivity contribution in [2.75, 3.05) is 13.1 Å². The van der Waals surface area contributed by atoms with Crippen LogP contribution in [0.25, 0.3) is 0 Å². The van der Waals surface area contributed by atoms with Gasteiger partial charge >= 0.3 is 0 Å². The van der Waals surface area contributed by atoms with Crippen molar-refractivity contribution >= 4 is 34.0 Å². The number of sulfonamides is 1. The predicted octanol–water partition coefficient (Wildman–Crippen LogP) is 2.15. The fourth-order valence-electron chi connectivity index (χ4n) is 2.16. The van der Waals surface area contributed by atoms with Gasteiger partial charge < -0.3 is 5.73 Å². The van der Waals surface area contributed by atoms with Crippen LogP contribution < -0.4 is 5.73 Å². The lowest BCUT2D eigenvalue weighted by molar-refractivity contribution is 0.316. The van der Waals surface area contributed by atoms with Crippen LogP contribution in [0, 0.1) is 5.82 Å². The zero-order chi connectivity index (χ0) is 14.0. The molecule has 0 aliphatic carbocycles. The van der Waals surface area contributed by atoms with E-state index >= 15 is 0 Å². The molecular formula is C12H17Cl2FN2O2S. The van der Waals surface area contributed by atoms with E-state index in [1.807, 2.05) is 0 Å². The van der Waals surface area contributed by atoms with Crippen molar-refractivity contribution in [3.05, 3.63) is 34.6 Å². The van der Waals surface area contributed by atoms with E-state index in [4.69, 9.17) is 17.3 Å². The lowest BCUT2D eigenvalue weighted by Crippen LogP contribution is -2.46. The molecule has 1 atom stereocenters. The van der Waals surface area contributed by atoms with Crippen LogP contribution in [0.15, 0.2) is 18.2 Å². The summed E-state index contributed by atoms with van der Waals surface area (Å²) in [4.78, 5) is 0. The number of piperidine rings is 1. The van der Waals surface area contributed by atoms with E-state index in [1.54, 1.807) is 0 Å². The maximum Gasteiger partial charge on any atom is 0.218 e. The minimum absolute atomic E-state index is 0. The second-order valence-electron chi connectivity index (χ2n) is 4.77. The van der Waals surface area contributed by atoms with E-state index in [0.29, 0.717) is 18.7 Å². The largest absolute Gasteiger partial charge is 0.327 e. The van der Waals surface area contributed by atoms with Gasteiger partial charge in [0, 0.05) is 19.1 Å². The summed E-state index contributed by atoms with van der Waals surface area (Å²) in [6, 6.07) is 3.84. The molecule has 1 aliphatic rings. The number of benzene rings is 1. The lowest BCUT2D eigenvalue weighted by atomic mass is 10.1. The predicted molar refractivity (Wildman–Crippen MR) is 80.1 cm³/mol. The summed E-state index contributed by atoms with van der Waals surface area (Å²) in [5, 5.41) is -0.0666. The van der Waals surface area contributed by atoms with Gasteiger partial charge in [0.25, 0.3) is 0 Å². The monoisotopic (exact) mass is 342 g/mol. The van der Waals surface area contributed by atoms with Crippen molar-refractivity contribution in [3.63, 3.8) is 0 Å². The summed E-state index contributed by atoms with van der Waals surface area (Å²) < 4.78 is 38.9. The van der Waals surface area contributed by atoms with Crippen LogP contribution >= 0.6 is 24.0 Å². The molecule has 0 unspecified atom stereocenters. The highest BCUT2D eigenvalue weighted by molar-refractivity contribution is 7.88. The van der Waals surface area contributed by atoms with E-state index in [-0.39, 0.29) is 29.2 Å². The molecule has 0 spiro atoms. The normalized spacial score (nSPS) is 20.4. The molecular weight excluding hydrogens is 326 g/mol. The maximum absolute atomic E-state index is 13.0. The number of rotatable bonds is 3. The molecule has 1 aromatic carbocycles. The standard InChI is InChI=1S/C12H16ClFN2O2S.ClH/c13-11-6-9(3-4-12(11)14)8-19(17,18)16-5-1-2-10(15)7-16;/h3-4,6,10H,1-2,5,7-8,15H2;1H/t10-;/m1./s1. The van der Waals surface area contributed by atoms with Crippen molar-refractivity contribution in [2.45, 2.75) is 24.6 Å². The summed E-state index contributed by atoms with van der Waals surface area (Å²) in [6.45, 7) is 0.836. The van der Waals surface area contributed by atoms with E-state index in [1.165, 1.54) is 22.5 Å². The number of hydrogen-bond donors (Lipinski definition) is 1. The van der Waals surface area contributed by atoms with Gasteiger partial charge in [-0.2, -0.15) is 0 Å². The summed E-state index contributed by atoms with van der Waals surface area (Å²) >= 11 is 5.65. The van der Waals surface area contributed by atoms with Gasteiger partial charge in [-0.1, -0.05) is 17.7 Å². The number of hydrogen-bond acceptors (Lipinski definition) is 3. The van der Waals surface area contributed by atoms with Crippen LogP contribution in [0.5, 0.6) is 0 Å². The topological polar surface area (TPSA) is 63.4 Å². The molecule has 1 aromatic rings. The van der Waals surface area contributed by atoms with Crippen LogP contribution in [0.3, 0.4) is 0 Å². The van der Waals surface area contributed by atoms with Crippen LogP contribution in [-0.2, 0) is 15.8 Å². The third kappa shape index (κ3) is 4.30. The summed E-state index contributed by atoms with van der Waals surface area (Å²) in [7, 11) is -3.43. The Morgan fingerprint density at radius 2 is 2.15 bits per heavy atom. The molecule has 20 heavy (non-hydrogen) atoms. The molecule has 1 saturated heterocycles. The third-order valence-corrected chi connectivity index (χ3v) is 5.25. The van der Waals surface area contributed by atoms with Crippen molar-refractivity contribution in [3.8, 4) is 0 Å². The zero-order valence-electron chi connectivity index (χ0n) is 10.8. The van der Waals surface area contributed by atoms with Crippen molar-refractivity contribution in [1.29, 1.82) is 0 Å². The average molecular weight is 343 g/mol. The Kier molecular flexibility index (Phi) is 6.22. The quantitative estimate of drug-likeness (QED) is 0.915. The zero-order valence-corrected chi connectivity index (χ0v) is 13.1. The molecule has 1 heterocycles. The Morgan fingerprint density at radius 1 is 1.45 bits per heavy atom. The fraction of sp³-hybridized carbons (Fsp3) is 0.500. The molecule has 2 N–H and O–H groups in total. The first kappa shape index (κ1) is 17.7. The minimum atomic E-state index is -3.43. The molecule has 0 saturated carbocycles.